The van der Waals surface area contributed by atoms with Crippen molar-refractivity contribution >= 4 is 35.8 Å². The number of carboxylic acids is 6. The van der Waals surface area contributed by atoms with Crippen molar-refractivity contribution in [3.8, 4) is 0 Å². The maximum atomic E-state index is 9.99. The van der Waals surface area contributed by atoms with Gasteiger partial charge >= 0.3 is 35.8 Å². The van der Waals surface area contributed by atoms with Crippen molar-refractivity contribution in [3.63, 3.8) is 0 Å². The Balaban J connectivity index is -0.000000110. The van der Waals surface area contributed by atoms with Gasteiger partial charge in [-0.15, -0.1) is 0 Å². The molecule has 0 aliphatic heterocycles. The van der Waals surface area contributed by atoms with E-state index < -0.39 is 53.9 Å². The van der Waals surface area contributed by atoms with Crippen LogP contribution in [-0.4, -0.2) is 84.6 Å². The molecular formula is C15H33N5O12. The Morgan fingerprint density at radius 3 is 0.719 bits per heavy atom. The van der Waals surface area contributed by atoms with Crippen LogP contribution in [0.3, 0.4) is 0 Å². The van der Waals surface area contributed by atoms with E-state index in [1.54, 1.807) is 0 Å². The van der Waals surface area contributed by atoms with Crippen molar-refractivity contribution in [2.75, 3.05) is 0 Å². The molecule has 0 heterocycles. The molecule has 0 fully saturated rings. The zero-order valence-corrected chi connectivity index (χ0v) is 17.3. The molecule has 0 aliphatic rings. The van der Waals surface area contributed by atoms with E-state index in [0.717, 1.165) is 0 Å². The lowest BCUT2D eigenvalue weighted by molar-refractivity contribution is -0.141. The molecule has 3 atom stereocenters. The van der Waals surface area contributed by atoms with Gasteiger partial charge in [0.25, 0.3) is 0 Å². The summed E-state index contributed by atoms with van der Waals surface area (Å²) in [5, 5.41) is 48.8. The molecular weight excluding hydrogens is 442 g/mol. The van der Waals surface area contributed by atoms with Crippen LogP contribution in [0.2, 0.25) is 0 Å². The molecule has 0 rings (SSSR count). The van der Waals surface area contributed by atoms with Gasteiger partial charge in [-0.05, 0) is 19.3 Å². The summed E-state index contributed by atoms with van der Waals surface area (Å²) >= 11 is 0. The SMILES string of the molecule is N.N.N[C@@H](CCC(=O)O)C(=O)O.N[C@@H](CCC(=O)O)C(=O)O.N[C@@H](CCC(=O)O)C(=O)O. The number of nitrogens with two attached hydrogens (primary N) is 3. The van der Waals surface area contributed by atoms with Crippen LogP contribution in [0, 0.1) is 0 Å². The lowest BCUT2D eigenvalue weighted by Crippen LogP contribution is -2.30. The fourth-order valence-electron chi connectivity index (χ4n) is 1.21. The molecule has 190 valence electrons. The van der Waals surface area contributed by atoms with Gasteiger partial charge in [0.2, 0.25) is 0 Å². The molecule has 0 spiro atoms. The number of carbonyl (C=O) groups is 6. The van der Waals surface area contributed by atoms with E-state index in [2.05, 4.69) is 0 Å². The van der Waals surface area contributed by atoms with E-state index in [1.165, 1.54) is 0 Å². The number of hydrogen-bond acceptors (Lipinski definition) is 11. The molecule has 0 bridgehead atoms. The summed E-state index contributed by atoms with van der Waals surface area (Å²) in [6.07, 6.45) is -0.672. The van der Waals surface area contributed by atoms with E-state index in [9.17, 15) is 28.8 Å². The van der Waals surface area contributed by atoms with Crippen LogP contribution in [-0.2, 0) is 28.8 Å². The summed E-state index contributed by atoms with van der Waals surface area (Å²) in [6, 6.07) is -3.18. The van der Waals surface area contributed by atoms with Crippen molar-refractivity contribution in [1.82, 2.24) is 12.3 Å². The highest BCUT2D eigenvalue weighted by molar-refractivity contribution is 5.75. The zero-order valence-electron chi connectivity index (χ0n) is 17.3. The van der Waals surface area contributed by atoms with Crippen molar-refractivity contribution < 1.29 is 59.4 Å². The first-order valence-electron chi connectivity index (χ1n) is 8.22. The molecule has 17 nitrogen and oxygen atoms in total. The summed E-state index contributed by atoms with van der Waals surface area (Å²) in [4.78, 5) is 59.6. The number of hydrogen-bond donors (Lipinski definition) is 11. The summed E-state index contributed by atoms with van der Waals surface area (Å²) in [7, 11) is 0. The molecule has 0 aliphatic carbocycles. The predicted molar refractivity (Wildman–Crippen MR) is 107 cm³/mol. The Bertz CT molecular complexity index is 521. The third-order valence-electron chi connectivity index (χ3n) is 2.96. The molecule has 0 unspecified atom stereocenters. The second kappa shape index (κ2) is 22.3. The smallest absolute Gasteiger partial charge is 0.320 e. The molecule has 0 saturated heterocycles. The largest absolute Gasteiger partial charge is 0.481 e. The van der Waals surface area contributed by atoms with Crippen LogP contribution in [0.4, 0.5) is 0 Å². The van der Waals surface area contributed by atoms with Gasteiger partial charge < -0.3 is 60.1 Å². The molecule has 0 radical (unpaired) electrons. The Morgan fingerprint density at radius 1 is 0.469 bits per heavy atom. The van der Waals surface area contributed by atoms with Crippen molar-refractivity contribution in [3.05, 3.63) is 0 Å². The molecule has 0 aromatic rings. The van der Waals surface area contributed by atoms with Crippen LogP contribution in [0.25, 0.3) is 0 Å². The summed E-state index contributed by atoms with van der Waals surface area (Å²) in [6.45, 7) is 0. The van der Waals surface area contributed by atoms with E-state index in [4.69, 9.17) is 47.8 Å². The van der Waals surface area contributed by atoms with Gasteiger partial charge in [-0.1, -0.05) is 0 Å². The van der Waals surface area contributed by atoms with E-state index >= 15 is 0 Å². The van der Waals surface area contributed by atoms with Gasteiger partial charge in [0.05, 0.1) is 0 Å². The maximum absolute atomic E-state index is 9.99. The van der Waals surface area contributed by atoms with Crippen LogP contribution >= 0.6 is 0 Å². The van der Waals surface area contributed by atoms with Gasteiger partial charge in [-0.3, -0.25) is 28.8 Å². The van der Waals surface area contributed by atoms with Gasteiger partial charge in [-0.2, -0.15) is 0 Å². The molecule has 0 aromatic heterocycles. The molecule has 17 heteroatoms. The minimum absolute atomic E-state index is 0. The predicted octanol–water partition coefficient (Wildman–Crippen LogP) is -1.89. The Morgan fingerprint density at radius 2 is 0.625 bits per heavy atom. The van der Waals surface area contributed by atoms with Crippen LogP contribution < -0.4 is 29.5 Å². The third kappa shape index (κ3) is 31.3. The number of rotatable bonds is 12. The number of aliphatic carboxylic acids is 6. The Kier molecular flexibility index (Phi) is 27.3. The lowest BCUT2D eigenvalue weighted by Gasteiger charge is -2.01. The average Bonchev–Trinajstić information content (AvgIpc) is 2.62. The van der Waals surface area contributed by atoms with Crippen molar-refractivity contribution in [2.24, 2.45) is 17.2 Å². The van der Waals surface area contributed by atoms with E-state index in [0.29, 0.717) is 0 Å². The van der Waals surface area contributed by atoms with Crippen molar-refractivity contribution in [2.45, 2.75) is 56.7 Å². The number of carboxylic acid groups (broad SMARTS) is 6. The standard InChI is InChI=1S/3C5H9NO4.2H3N/c3*6-3(5(9)10)1-2-4(7)8;;/h3*3H,1-2,6H2,(H,7,8)(H,9,10);2*1H3/t3*3-;;/m000../s1. The summed E-state index contributed by atoms with van der Waals surface area (Å²) in [5.41, 5.74) is 15.0. The topological polar surface area (TPSA) is 372 Å². The minimum atomic E-state index is -1.17. The van der Waals surface area contributed by atoms with Gasteiger partial charge in [0.1, 0.15) is 18.1 Å². The second-order valence-electron chi connectivity index (χ2n) is 5.63. The molecule has 0 aromatic carbocycles. The first-order chi connectivity index (χ1) is 13.6. The van der Waals surface area contributed by atoms with E-state index in [1.807, 2.05) is 0 Å². The summed E-state index contributed by atoms with van der Waals surface area (Å²) < 4.78 is 0. The highest BCUT2D eigenvalue weighted by Crippen LogP contribution is 1.94. The molecule has 0 amide bonds. The van der Waals surface area contributed by atoms with Crippen LogP contribution in [0.5, 0.6) is 0 Å². The normalized spacial score (nSPS) is 11.7. The average molecular weight is 475 g/mol. The fraction of sp³-hybridized carbons (Fsp3) is 0.600. The quantitative estimate of drug-likeness (QED) is 0.147. The maximum Gasteiger partial charge on any atom is 0.320 e. The molecule has 32 heavy (non-hydrogen) atoms. The molecule has 18 N–H and O–H groups in total. The van der Waals surface area contributed by atoms with Crippen LogP contribution in [0.15, 0.2) is 0 Å². The second-order valence-corrected chi connectivity index (χ2v) is 5.63. The first kappa shape index (κ1) is 39.1. The first-order valence-corrected chi connectivity index (χ1v) is 8.22. The monoisotopic (exact) mass is 475 g/mol. The highest BCUT2D eigenvalue weighted by Gasteiger charge is 2.13. The lowest BCUT2D eigenvalue weighted by atomic mass is 10.2. The Hall–Kier alpha value is -3.38. The van der Waals surface area contributed by atoms with Crippen LogP contribution in [0.1, 0.15) is 38.5 Å². The molecule has 0 saturated carbocycles. The highest BCUT2D eigenvalue weighted by atomic mass is 16.4. The minimum Gasteiger partial charge on any atom is -0.481 e. The fourth-order valence-corrected chi connectivity index (χ4v) is 1.21. The Labute approximate surface area is 182 Å². The van der Waals surface area contributed by atoms with Crippen molar-refractivity contribution in [1.29, 1.82) is 0 Å². The zero-order chi connectivity index (χ0) is 24.4. The van der Waals surface area contributed by atoms with Gasteiger partial charge in [0.15, 0.2) is 0 Å². The summed E-state index contributed by atoms with van der Waals surface area (Å²) in [5.74, 6) is -6.59. The van der Waals surface area contributed by atoms with Gasteiger partial charge in [-0.25, -0.2) is 0 Å². The van der Waals surface area contributed by atoms with Gasteiger partial charge in [0, 0.05) is 19.3 Å². The third-order valence-corrected chi connectivity index (χ3v) is 2.96. The van der Waals surface area contributed by atoms with E-state index in [-0.39, 0.29) is 50.8 Å².